The third-order valence-corrected chi connectivity index (χ3v) is 6.35. The number of aryl methyl sites for hydroxylation is 1. The first kappa shape index (κ1) is 14.2. The zero-order chi connectivity index (χ0) is 15.1. The van der Waals surface area contributed by atoms with Crippen molar-refractivity contribution < 1.29 is 4.79 Å². The summed E-state index contributed by atoms with van der Waals surface area (Å²) >= 11 is 1.72. The average Bonchev–Trinajstić information content (AvgIpc) is 2.94. The number of nitrogens with zero attached hydrogens (tertiary/aromatic N) is 2. The van der Waals surface area contributed by atoms with Gasteiger partial charge in [0.1, 0.15) is 0 Å². The van der Waals surface area contributed by atoms with E-state index in [4.69, 9.17) is 0 Å². The molecule has 1 aliphatic carbocycles. The number of fused-ring (bicyclic) bond motifs is 3. The Hall–Kier alpha value is -1.42. The van der Waals surface area contributed by atoms with Crippen molar-refractivity contribution in [1.29, 1.82) is 0 Å². The van der Waals surface area contributed by atoms with Crippen molar-refractivity contribution in [3.63, 3.8) is 0 Å². The lowest BCUT2D eigenvalue weighted by Crippen LogP contribution is -2.58. The van der Waals surface area contributed by atoms with Crippen LogP contribution in [0.4, 0.5) is 0 Å². The van der Waals surface area contributed by atoms with E-state index in [9.17, 15) is 4.79 Å². The molecule has 1 aromatic carbocycles. The van der Waals surface area contributed by atoms with Crippen LogP contribution in [0.2, 0.25) is 0 Å². The summed E-state index contributed by atoms with van der Waals surface area (Å²) in [6.07, 6.45) is 6.19. The zero-order valence-electron chi connectivity index (χ0n) is 13.0. The molecule has 1 atom stereocenters. The van der Waals surface area contributed by atoms with Gasteiger partial charge in [0.15, 0.2) is 0 Å². The summed E-state index contributed by atoms with van der Waals surface area (Å²) in [4.78, 5) is 19.6. The van der Waals surface area contributed by atoms with Gasteiger partial charge in [0.25, 0.3) is 0 Å². The van der Waals surface area contributed by atoms with Gasteiger partial charge in [0.2, 0.25) is 5.91 Å². The van der Waals surface area contributed by atoms with E-state index in [1.54, 1.807) is 11.3 Å². The van der Waals surface area contributed by atoms with Crippen LogP contribution < -0.4 is 0 Å². The Morgan fingerprint density at radius 1 is 1.32 bits per heavy atom. The van der Waals surface area contributed by atoms with Crippen LogP contribution in [0, 0.1) is 5.92 Å². The second kappa shape index (κ2) is 5.65. The van der Waals surface area contributed by atoms with Crippen LogP contribution in [0.5, 0.6) is 0 Å². The monoisotopic (exact) mass is 314 g/mol. The summed E-state index contributed by atoms with van der Waals surface area (Å²) in [5.74, 6) is 1.23. The fourth-order valence-corrected chi connectivity index (χ4v) is 5.02. The lowest BCUT2D eigenvalue weighted by atomic mass is 9.70. The van der Waals surface area contributed by atoms with Gasteiger partial charge in [0.05, 0.1) is 15.2 Å². The van der Waals surface area contributed by atoms with Gasteiger partial charge in [-0.25, -0.2) is 4.98 Å². The molecule has 22 heavy (non-hydrogen) atoms. The molecule has 0 radical (unpaired) electrons. The van der Waals surface area contributed by atoms with E-state index in [1.807, 2.05) is 18.2 Å². The number of carbonyl (C=O) groups is 1. The molecule has 0 spiro atoms. The summed E-state index contributed by atoms with van der Waals surface area (Å²) < 4.78 is 1.22. The molecule has 4 heteroatoms. The highest BCUT2D eigenvalue weighted by Gasteiger charge is 2.45. The molecule has 2 aliphatic heterocycles. The quantitative estimate of drug-likeness (QED) is 0.854. The zero-order valence-corrected chi connectivity index (χ0v) is 13.8. The Bertz CT molecular complexity index is 656. The lowest BCUT2D eigenvalue weighted by molar-refractivity contribution is -0.146. The SMILES string of the molecule is CCC1CC2CC(C2)N1C(=O)CCc1nc2ccccc2s1. The molecule has 116 valence electrons. The van der Waals surface area contributed by atoms with Crippen LogP contribution in [0.1, 0.15) is 44.0 Å². The Kier molecular flexibility index (Phi) is 3.65. The van der Waals surface area contributed by atoms with Crippen LogP contribution in [0.25, 0.3) is 10.2 Å². The van der Waals surface area contributed by atoms with Gasteiger partial charge in [0, 0.05) is 24.9 Å². The number of hydrogen-bond donors (Lipinski definition) is 0. The number of carbonyl (C=O) groups excluding carboxylic acids is 1. The molecule has 3 aliphatic rings. The first-order valence-corrected chi connectivity index (χ1v) is 9.22. The van der Waals surface area contributed by atoms with Crippen molar-refractivity contribution in [3.05, 3.63) is 29.3 Å². The minimum atomic E-state index is 0.342. The third-order valence-electron chi connectivity index (χ3n) is 5.25. The highest BCUT2D eigenvalue weighted by molar-refractivity contribution is 7.18. The number of rotatable bonds is 4. The van der Waals surface area contributed by atoms with E-state index in [0.717, 1.165) is 29.3 Å². The summed E-state index contributed by atoms with van der Waals surface area (Å²) in [6, 6.07) is 9.23. The molecule has 3 fully saturated rings. The van der Waals surface area contributed by atoms with Gasteiger partial charge < -0.3 is 4.90 Å². The van der Waals surface area contributed by atoms with E-state index in [0.29, 0.717) is 24.4 Å². The second-order valence-corrected chi connectivity index (χ2v) is 7.78. The summed E-state index contributed by atoms with van der Waals surface area (Å²) in [6.45, 7) is 2.21. The van der Waals surface area contributed by atoms with Gasteiger partial charge in [-0.2, -0.15) is 0 Å². The maximum atomic E-state index is 12.7. The number of thiazole rings is 1. The average molecular weight is 314 g/mol. The van der Waals surface area contributed by atoms with E-state index >= 15 is 0 Å². The fraction of sp³-hybridized carbons (Fsp3) is 0.556. The van der Waals surface area contributed by atoms with Gasteiger partial charge >= 0.3 is 0 Å². The largest absolute Gasteiger partial charge is 0.337 e. The maximum Gasteiger partial charge on any atom is 0.223 e. The van der Waals surface area contributed by atoms with Crippen molar-refractivity contribution in [3.8, 4) is 0 Å². The van der Waals surface area contributed by atoms with Crippen LogP contribution in [0.3, 0.4) is 0 Å². The number of amides is 1. The summed E-state index contributed by atoms with van der Waals surface area (Å²) in [5, 5.41) is 1.09. The van der Waals surface area contributed by atoms with Crippen LogP contribution in [-0.4, -0.2) is 27.9 Å². The molecule has 1 unspecified atom stereocenters. The van der Waals surface area contributed by atoms with Crippen molar-refractivity contribution in [2.45, 2.75) is 57.5 Å². The molecule has 3 heterocycles. The van der Waals surface area contributed by atoms with Crippen LogP contribution in [0.15, 0.2) is 24.3 Å². The molecular formula is C18H22N2OS. The summed E-state index contributed by atoms with van der Waals surface area (Å²) in [5.41, 5.74) is 1.06. The number of piperidine rings is 2. The highest BCUT2D eigenvalue weighted by Crippen LogP contribution is 2.43. The van der Waals surface area contributed by atoms with E-state index in [1.165, 1.54) is 24.0 Å². The Labute approximate surface area is 135 Å². The summed E-state index contributed by atoms with van der Waals surface area (Å²) in [7, 11) is 0. The molecule has 2 bridgehead atoms. The number of aromatic nitrogens is 1. The predicted molar refractivity (Wildman–Crippen MR) is 90.0 cm³/mol. The Morgan fingerprint density at radius 3 is 2.91 bits per heavy atom. The van der Waals surface area contributed by atoms with Crippen molar-refractivity contribution >= 4 is 27.5 Å². The smallest absolute Gasteiger partial charge is 0.223 e. The second-order valence-electron chi connectivity index (χ2n) is 6.67. The van der Waals surface area contributed by atoms with E-state index in [-0.39, 0.29) is 0 Å². The molecule has 3 nitrogen and oxygen atoms in total. The molecule has 1 amide bonds. The molecule has 1 saturated carbocycles. The van der Waals surface area contributed by atoms with Gasteiger partial charge in [-0.15, -0.1) is 11.3 Å². The van der Waals surface area contributed by atoms with Crippen molar-refractivity contribution in [1.82, 2.24) is 9.88 Å². The lowest BCUT2D eigenvalue weighted by Gasteiger charge is -2.53. The van der Waals surface area contributed by atoms with Crippen LogP contribution >= 0.6 is 11.3 Å². The minimum absolute atomic E-state index is 0.342. The Morgan fingerprint density at radius 2 is 2.14 bits per heavy atom. The first-order valence-electron chi connectivity index (χ1n) is 8.40. The van der Waals surface area contributed by atoms with E-state index < -0.39 is 0 Å². The molecule has 2 aromatic rings. The van der Waals surface area contributed by atoms with Crippen molar-refractivity contribution in [2.75, 3.05) is 0 Å². The molecule has 5 rings (SSSR count). The molecular weight excluding hydrogens is 292 g/mol. The van der Waals surface area contributed by atoms with Gasteiger partial charge in [-0.3, -0.25) is 4.79 Å². The highest BCUT2D eigenvalue weighted by atomic mass is 32.1. The van der Waals surface area contributed by atoms with E-state index in [2.05, 4.69) is 22.9 Å². The van der Waals surface area contributed by atoms with Crippen molar-refractivity contribution in [2.24, 2.45) is 5.92 Å². The Balaban J connectivity index is 1.43. The number of benzene rings is 1. The molecule has 1 aromatic heterocycles. The fourth-order valence-electron chi connectivity index (χ4n) is 4.06. The minimum Gasteiger partial charge on any atom is -0.337 e. The predicted octanol–water partition coefficient (Wildman–Crippen LogP) is 4.02. The number of hydrogen-bond acceptors (Lipinski definition) is 3. The number of para-hydroxylation sites is 1. The first-order chi connectivity index (χ1) is 10.7. The van der Waals surface area contributed by atoms with Crippen LogP contribution in [-0.2, 0) is 11.2 Å². The molecule has 2 saturated heterocycles. The van der Waals surface area contributed by atoms with Gasteiger partial charge in [-0.05, 0) is 43.7 Å². The third kappa shape index (κ3) is 2.43. The van der Waals surface area contributed by atoms with Gasteiger partial charge in [-0.1, -0.05) is 19.1 Å². The molecule has 0 N–H and O–H groups in total. The normalized spacial score (nSPS) is 27.0. The maximum absolute atomic E-state index is 12.7. The topological polar surface area (TPSA) is 33.2 Å². The standard InChI is InChI=1S/C18H22N2OS/c1-2-13-9-12-10-14(11-12)20(13)18(21)8-7-17-19-15-5-3-4-6-16(15)22-17/h3-6,12-14H,2,7-11H2,1H3.